The summed E-state index contributed by atoms with van der Waals surface area (Å²) < 4.78 is 61.7. The quantitative estimate of drug-likeness (QED) is 0.0491. The molecule has 5 aliphatic heterocycles. The van der Waals surface area contributed by atoms with Crippen LogP contribution in [-0.4, -0.2) is 165 Å². The van der Waals surface area contributed by atoms with E-state index in [0.717, 1.165) is 124 Å². The molecule has 4 N–H and O–H groups in total. The number of morpholine rings is 1. The van der Waals surface area contributed by atoms with Gasteiger partial charge in [0.15, 0.2) is 11.6 Å². The second-order valence-corrected chi connectivity index (χ2v) is 27.8. The third-order valence-electron chi connectivity index (χ3n) is 20.1. The number of rotatable bonds is 17. The van der Waals surface area contributed by atoms with Gasteiger partial charge in [0.2, 0.25) is 5.88 Å². The Balaban J connectivity index is 0.749. The maximum atomic E-state index is 14.9. The highest BCUT2D eigenvalue weighted by molar-refractivity contribution is 7.90. The van der Waals surface area contributed by atoms with Crippen molar-refractivity contribution in [1.29, 1.82) is 0 Å². The average Bonchev–Trinajstić information content (AvgIpc) is 1.27. The summed E-state index contributed by atoms with van der Waals surface area (Å²) >= 11 is 0. The number of hydrogen-bond donors (Lipinski definition) is 4. The first-order chi connectivity index (χ1) is 42.9. The topological polar surface area (TPSA) is 243 Å². The number of methoxy groups -OCH3 is 1. The van der Waals surface area contributed by atoms with E-state index in [4.69, 9.17) is 33.7 Å². The summed E-state index contributed by atoms with van der Waals surface area (Å²) in [6, 6.07) is 24.1. The SMILES string of the molecule is COc1cc([C@@H](C)N2CCN(C3CC4(CCN(c5ccc(C(=O)NS(=O)(=O)c6ccc(NCC7CCC(C)(O)CC7)c([N+](=O)[O-])c6)c(N6c7cc8cc[nH]c8nc7O[C@H]7COCC[C@@H]76)c5)CC4)C3)[C@@H](c3ccccc3OC(C)C)C2)cnc1N1CCOCC1. The molecular weight excluding hydrogens is 1150 g/mol. The Morgan fingerprint density at radius 1 is 0.888 bits per heavy atom. The number of aromatic nitrogens is 3. The van der Waals surface area contributed by atoms with Crippen LogP contribution >= 0.6 is 0 Å². The number of hydrogen-bond acceptors (Lipinski definition) is 19. The van der Waals surface area contributed by atoms with E-state index in [1.807, 2.05) is 43.6 Å². The van der Waals surface area contributed by atoms with Crippen LogP contribution in [0.15, 0.2) is 96.2 Å². The van der Waals surface area contributed by atoms with Gasteiger partial charge < -0.3 is 53.8 Å². The van der Waals surface area contributed by atoms with Gasteiger partial charge in [0, 0.05) is 106 Å². The fourth-order valence-corrected chi connectivity index (χ4v) is 15.9. The van der Waals surface area contributed by atoms with E-state index >= 15 is 0 Å². The van der Waals surface area contributed by atoms with Crippen LogP contribution < -0.4 is 38.9 Å². The van der Waals surface area contributed by atoms with Crippen molar-refractivity contribution in [2.45, 2.75) is 132 Å². The zero-order chi connectivity index (χ0) is 61.8. The minimum absolute atomic E-state index is 0.0179. The van der Waals surface area contributed by atoms with Gasteiger partial charge in [0.1, 0.15) is 28.9 Å². The molecule has 3 aromatic heterocycles. The number of pyridine rings is 2. The number of aliphatic hydroxyl groups is 1. The Morgan fingerprint density at radius 3 is 2.44 bits per heavy atom. The summed E-state index contributed by atoms with van der Waals surface area (Å²) in [6.45, 7) is 16.5. The predicted octanol–water partition coefficient (Wildman–Crippen LogP) is 9.53. The average molecular weight is 1240 g/mol. The summed E-state index contributed by atoms with van der Waals surface area (Å²) in [4.78, 5) is 51.4. The first-order valence-corrected chi connectivity index (χ1v) is 33.2. The Labute approximate surface area is 520 Å². The molecule has 13 rings (SSSR count). The third kappa shape index (κ3) is 12.4. The molecule has 0 radical (unpaired) electrons. The minimum Gasteiger partial charge on any atom is -0.493 e. The Hall–Kier alpha value is -7.28. The Morgan fingerprint density at radius 2 is 1.67 bits per heavy atom. The molecule has 4 saturated heterocycles. The number of sulfonamides is 1. The number of aromatic amines is 1. The van der Waals surface area contributed by atoms with Gasteiger partial charge in [-0.05, 0) is 157 Å². The first-order valence-electron chi connectivity index (χ1n) is 31.8. The lowest BCUT2D eigenvalue weighted by Crippen LogP contribution is -2.60. The third-order valence-corrected chi connectivity index (χ3v) is 21.4. The van der Waals surface area contributed by atoms with Gasteiger partial charge in [-0.1, -0.05) is 18.2 Å². The van der Waals surface area contributed by atoms with E-state index in [1.165, 1.54) is 17.7 Å². The number of carbonyl (C=O) groups excluding carboxylic acids is 1. The monoisotopic (exact) mass is 1240 g/mol. The maximum absolute atomic E-state index is 14.9. The van der Waals surface area contributed by atoms with Crippen LogP contribution in [0.3, 0.4) is 0 Å². The van der Waals surface area contributed by atoms with Gasteiger partial charge in [0.25, 0.3) is 21.6 Å². The minimum atomic E-state index is -4.66. The molecule has 3 aromatic carbocycles. The highest BCUT2D eigenvalue weighted by Crippen LogP contribution is 2.54. The molecule has 474 valence electrons. The number of benzene rings is 3. The Kier molecular flexibility index (Phi) is 16.9. The number of H-pyrrole nitrogens is 1. The molecular formula is C66H83N11O11S. The maximum Gasteiger partial charge on any atom is 0.293 e. The van der Waals surface area contributed by atoms with Crippen molar-refractivity contribution >= 4 is 61.2 Å². The zero-order valence-corrected chi connectivity index (χ0v) is 52.4. The van der Waals surface area contributed by atoms with Gasteiger partial charge in [0.05, 0.1) is 71.8 Å². The van der Waals surface area contributed by atoms with Crippen LogP contribution in [0.5, 0.6) is 17.4 Å². The van der Waals surface area contributed by atoms with Crippen LogP contribution in [0.4, 0.5) is 34.3 Å². The number of piperazine rings is 1. The molecule has 0 bridgehead atoms. The van der Waals surface area contributed by atoms with E-state index in [1.54, 1.807) is 13.2 Å². The number of amides is 1. The van der Waals surface area contributed by atoms with Crippen LogP contribution in [0, 0.1) is 21.4 Å². The molecule has 89 heavy (non-hydrogen) atoms. The zero-order valence-electron chi connectivity index (χ0n) is 51.6. The molecule has 2 saturated carbocycles. The Bertz CT molecular complexity index is 3680. The summed E-state index contributed by atoms with van der Waals surface area (Å²) in [7, 11) is -2.94. The number of nitro groups is 1. The number of nitrogens with zero attached hydrogens (tertiary/aromatic N) is 8. The van der Waals surface area contributed by atoms with E-state index in [2.05, 4.69) is 90.6 Å². The van der Waals surface area contributed by atoms with E-state index in [-0.39, 0.29) is 53.4 Å². The fourth-order valence-electron chi connectivity index (χ4n) is 14.9. The van der Waals surface area contributed by atoms with Gasteiger partial charge in [-0.2, -0.15) is 4.98 Å². The van der Waals surface area contributed by atoms with Crippen molar-refractivity contribution < 1.29 is 46.9 Å². The standard InChI is InChI=1S/C66H83N11O11S/c1-42(2)87-58-9-7-6-8-50(58)57-40-74(43(3)46-33-59(84-5)62(69-39-46)73-27-30-85-31-28-73)25-26-75(57)48-36-66(37-48)20-23-72(24-21-66)47-10-12-51(54(34-47)76-53-17-29-86-41-60(53)88-64-56(76)32-45-16-22-67-61(45)70-64)63(78)71-89(82,83)49-11-13-52(55(35-49)77(80)81)68-38-44-14-18-65(4,79)19-15-44/h6-13,16,22,32-35,39,42-44,48,53,57,60,68,79H,14-15,17-21,23-31,36-38,40-41H2,1-5H3,(H,67,70)(H,71,78)/t43-,44?,53+,57-,60+,65?/m1/s1. The van der Waals surface area contributed by atoms with Gasteiger partial charge in [-0.3, -0.25) is 24.7 Å². The summed E-state index contributed by atoms with van der Waals surface area (Å²) in [6.07, 6.45) is 10.8. The number of nitro benzene ring substituents is 1. The van der Waals surface area contributed by atoms with Crippen molar-refractivity contribution in [3.8, 4) is 17.4 Å². The summed E-state index contributed by atoms with van der Waals surface area (Å²) in [5, 5.41) is 26.9. The highest BCUT2D eigenvalue weighted by Gasteiger charge is 2.51. The molecule has 7 aliphatic rings. The lowest BCUT2D eigenvalue weighted by molar-refractivity contribution is -0.384. The molecule has 6 fully saturated rings. The second-order valence-electron chi connectivity index (χ2n) is 26.2. The van der Waals surface area contributed by atoms with Crippen molar-refractivity contribution in [3.63, 3.8) is 0 Å². The number of fused-ring (bicyclic) bond motifs is 3. The fraction of sp³-hybridized carbons (Fsp3) is 0.530. The van der Waals surface area contributed by atoms with E-state index in [9.17, 15) is 28.4 Å². The smallest absolute Gasteiger partial charge is 0.293 e. The first kappa shape index (κ1) is 60.6. The lowest BCUT2D eigenvalue weighted by Gasteiger charge is -2.58. The number of anilines is 5. The molecule has 23 heteroatoms. The summed E-state index contributed by atoms with van der Waals surface area (Å²) in [5.74, 6) is 2.21. The summed E-state index contributed by atoms with van der Waals surface area (Å²) in [5.41, 5.74) is 4.22. The van der Waals surface area contributed by atoms with Crippen molar-refractivity contribution in [1.82, 2.24) is 29.5 Å². The van der Waals surface area contributed by atoms with Gasteiger partial charge >= 0.3 is 0 Å². The van der Waals surface area contributed by atoms with Crippen molar-refractivity contribution in [2.75, 3.05) is 106 Å². The van der Waals surface area contributed by atoms with Crippen molar-refractivity contribution in [2.24, 2.45) is 11.3 Å². The molecule has 8 heterocycles. The van der Waals surface area contributed by atoms with E-state index in [0.29, 0.717) is 74.6 Å². The molecule has 6 aromatic rings. The van der Waals surface area contributed by atoms with Crippen molar-refractivity contribution in [3.05, 3.63) is 118 Å². The van der Waals surface area contributed by atoms with Crippen LogP contribution in [-0.2, 0) is 19.5 Å². The highest BCUT2D eigenvalue weighted by atomic mass is 32.2. The van der Waals surface area contributed by atoms with E-state index < -0.39 is 43.1 Å². The van der Waals surface area contributed by atoms with Gasteiger partial charge in [-0.25, -0.2) is 18.1 Å². The number of para-hydroxylation sites is 1. The molecule has 1 spiro atoms. The largest absolute Gasteiger partial charge is 0.493 e. The van der Waals surface area contributed by atoms with Crippen LogP contribution in [0.1, 0.15) is 119 Å². The number of ether oxygens (including phenoxy) is 5. The lowest BCUT2D eigenvalue weighted by atomic mass is 9.59. The molecule has 4 atom stereocenters. The predicted molar refractivity (Wildman–Crippen MR) is 339 cm³/mol. The molecule has 2 aliphatic carbocycles. The molecule has 1 amide bonds. The number of piperidine rings is 1. The van der Waals surface area contributed by atoms with Crippen LogP contribution in [0.25, 0.3) is 11.0 Å². The molecule has 0 unspecified atom stereocenters. The normalized spacial score (nSPS) is 24.6. The molecule has 22 nitrogen and oxygen atoms in total. The van der Waals surface area contributed by atoms with Crippen LogP contribution in [0.2, 0.25) is 0 Å². The van der Waals surface area contributed by atoms with Gasteiger partial charge in [-0.15, -0.1) is 0 Å². The number of nitrogens with one attached hydrogen (secondary N) is 3. The second kappa shape index (κ2) is 24.8. The number of carbonyl (C=O) groups is 1.